The van der Waals surface area contributed by atoms with E-state index in [9.17, 15) is 4.79 Å². The Morgan fingerprint density at radius 1 is 1.19 bits per heavy atom. The quantitative estimate of drug-likeness (QED) is 0.675. The Morgan fingerprint density at radius 2 is 1.96 bits per heavy atom. The molecule has 0 amide bonds. The van der Waals surface area contributed by atoms with Crippen LogP contribution in [0.1, 0.15) is 42.7 Å². The summed E-state index contributed by atoms with van der Waals surface area (Å²) in [5, 5.41) is 4.95. The van der Waals surface area contributed by atoms with Crippen LogP contribution < -0.4 is 11.0 Å². The molecule has 1 N–H and O–H groups in total. The third kappa shape index (κ3) is 3.12. The van der Waals surface area contributed by atoms with Crippen LogP contribution in [-0.2, 0) is 0 Å². The minimum Gasteiger partial charge on any atom is -0.369 e. The van der Waals surface area contributed by atoms with E-state index in [4.69, 9.17) is 11.6 Å². The van der Waals surface area contributed by atoms with Gasteiger partial charge in [0.15, 0.2) is 0 Å². The van der Waals surface area contributed by atoms with Crippen molar-refractivity contribution in [2.75, 3.05) is 11.9 Å². The Morgan fingerprint density at radius 3 is 2.67 bits per heavy atom. The summed E-state index contributed by atoms with van der Waals surface area (Å²) >= 11 is 6.42. The van der Waals surface area contributed by atoms with Crippen molar-refractivity contribution >= 4 is 28.3 Å². The number of rotatable bonds is 5. The van der Waals surface area contributed by atoms with Gasteiger partial charge in [-0.2, -0.15) is 4.98 Å². The van der Waals surface area contributed by atoms with E-state index < -0.39 is 0 Å². The minimum absolute atomic E-state index is 0.292. The highest BCUT2D eigenvalue weighted by atomic mass is 35.5. The van der Waals surface area contributed by atoms with E-state index in [-0.39, 0.29) is 5.69 Å². The number of hydrogen-bond acceptors (Lipinski definition) is 3. The Bertz CT molecular complexity index is 1100. The van der Waals surface area contributed by atoms with E-state index in [1.165, 1.54) is 36.8 Å². The molecule has 2 aliphatic rings. The predicted octanol–water partition coefficient (Wildman–Crippen LogP) is 5.05. The zero-order valence-corrected chi connectivity index (χ0v) is 16.1. The molecule has 2 saturated carbocycles. The van der Waals surface area contributed by atoms with Crippen LogP contribution in [0.25, 0.3) is 16.6 Å². The molecule has 2 aliphatic carbocycles. The first-order valence-electron chi connectivity index (χ1n) is 9.68. The number of anilines is 1. The van der Waals surface area contributed by atoms with Gasteiger partial charge in [0.05, 0.1) is 16.2 Å². The van der Waals surface area contributed by atoms with Crippen LogP contribution in [0.15, 0.2) is 41.2 Å². The van der Waals surface area contributed by atoms with Crippen molar-refractivity contribution < 1.29 is 0 Å². The average molecular weight is 380 g/mol. The van der Waals surface area contributed by atoms with E-state index in [0.29, 0.717) is 28.4 Å². The van der Waals surface area contributed by atoms with E-state index in [1.54, 1.807) is 4.57 Å². The Balaban J connectivity index is 1.76. The molecule has 1 aromatic heterocycles. The molecule has 0 radical (unpaired) electrons. The standard InChI is InChI=1S/C22H22ClN3O/c1-13-10-17-20(11-16(13)15-8-9-15)26(19-5-3-2-4-18(19)23)22(27)25-21(17)24-12-14-6-7-14/h2-5,10-11,14-15H,6-9,12H2,1H3,(H,24,25,27). The highest BCUT2D eigenvalue weighted by Gasteiger charge is 2.27. The van der Waals surface area contributed by atoms with E-state index in [1.807, 2.05) is 24.3 Å². The summed E-state index contributed by atoms with van der Waals surface area (Å²) in [5.74, 6) is 2.01. The lowest BCUT2D eigenvalue weighted by molar-refractivity contribution is 0.874. The summed E-state index contributed by atoms with van der Waals surface area (Å²) in [7, 11) is 0. The van der Waals surface area contributed by atoms with Crippen molar-refractivity contribution in [1.82, 2.24) is 9.55 Å². The summed E-state index contributed by atoms with van der Waals surface area (Å²) in [5.41, 5.74) is 3.88. The zero-order chi connectivity index (χ0) is 18.5. The maximum Gasteiger partial charge on any atom is 0.354 e. The van der Waals surface area contributed by atoms with Crippen LogP contribution >= 0.6 is 11.6 Å². The molecular formula is C22H22ClN3O. The number of halogens is 1. The van der Waals surface area contributed by atoms with Crippen LogP contribution in [0.3, 0.4) is 0 Å². The summed E-state index contributed by atoms with van der Waals surface area (Å²) in [4.78, 5) is 17.4. The Kier molecular flexibility index (Phi) is 3.97. The molecule has 138 valence electrons. The van der Waals surface area contributed by atoms with Gasteiger partial charge in [-0.05, 0) is 79.8 Å². The van der Waals surface area contributed by atoms with Gasteiger partial charge in [0.25, 0.3) is 0 Å². The highest BCUT2D eigenvalue weighted by Crippen LogP contribution is 2.43. The number of nitrogens with one attached hydrogen (secondary N) is 1. The third-order valence-electron chi connectivity index (χ3n) is 5.64. The molecule has 1 heterocycles. The first-order valence-corrected chi connectivity index (χ1v) is 10.1. The Labute approximate surface area is 163 Å². The van der Waals surface area contributed by atoms with Crippen molar-refractivity contribution in [3.05, 3.63) is 63.0 Å². The molecule has 5 heteroatoms. The van der Waals surface area contributed by atoms with Crippen molar-refractivity contribution in [3.8, 4) is 5.69 Å². The topological polar surface area (TPSA) is 46.9 Å². The first kappa shape index (κ1) is 16.8. The fraction of sp³-hybridized carbons (Fsp3) is 0.364. The van der Waals surface area contributed by atoms with Gasteiger partial charge in [-0.15, -0.1) is 0 Å². The molecule has 0 bridgehead atoms. The molecule has 0 atom stereocenters. The lowest BCUT2D eigenvalue weighted by atomic mass is 10.0. The second kappa shape index (κ2) is 6.38. The van der Waals surface area contributed by atoms with Gasteiger partial charge in [0.2, 0.25) is 0 Å². The molecule has 0 spiro atoms. The highest BCUT2D eigenvalue weighted by molar-refractivity contribution is 6.32. The number of benzene rings is 2. The molecular weight excluding hydrogens is 358 g/mol. The molecule has 0 unspecified atom stereocenters. The van der Waals surface area contributed by atoms with Gasteiger partial charge in [-0.25, -0.2) is 4.79 Å². The number of fused-ring (bicyclic) bond motifs is 1. The normalized spacial score (nSPS) is 16.7. The van der Waals surface area contributed by atoms with Crippen LogP contribution in [0.5, 0.6) is 0 Å². The largest absolute Gasteiger partial charge is 0.369 e. The van der Waals surface area contributed by atoms with Crippen LogP contribution in [0.2, 0.25) is 5.02 Å². The number of para-hydroxylation sites is 1. The van der Waals surface area contributed by atoms with Crippen LogP contribution in [-0.4, -0.2) is 16.1 Å². The molecule has 3 aromatic rings. The summed E-state index contributed by atoms with van der Waals surface area (Å²) in [6.45, 7) is 3.03. The second-order valence-electron chi connectivity index (χ2n) is 7.85. The van der Waals surface area contributed by atoms with Crippen molar-refractivity contribution in [1.29, 1.82) is 0 Å². The monoisotopic (exact) mass is 379 g/mol. The molecule has 2 aromatic carbocycles. The smallest absolute Gasteiger partial charge is 0.354 e. The van der Waals surface area contributed by atoms with Gasteiger partial charge < -0.3 is 5.32 Å². The van der Waals surface area contributed by atoms with Gasteiger partial charge in [0, 0.05) is 11.9 Å². The number of nitrogens with zero attached hydrogens (tertiary/aromatic N) is 2. The van der Waals surface area contributed by atoms with E-state index >= 15 is 0 Å². The van der Waals surface area contributed by atoms with Crippen molar-refractivity contribution in [2.45, 2.75) is 38.5 Å². The SMILES string of the molecule is Cc1cc2c(NCC3CC3)nc(=O)n(-c3ccccc3Cl)c2cc1C1CC1. The lowest BCUT2D eigenvalue weighted by Gasteiger charge is -2.17. The van der Waals surface area contributed by atoms with Crippen LogP contribution in [0, 0.1) is 12.8 Å². The second-order valence-corrected chi connectivity index (χ2v) is 8.26. The first-order chi connectivity index (χ1) is 13.1. The van der Waals surface area contributed by atoms with Crippen molar-refractivity contribution in [2.24, 2.45) is 5.92 Å². The van der Waals surface area contributed by atoms with Gasteiger partial charge in [0.1, 0.15) is 5.82 Å². The van der Waals surface area contributed by atoms with Crippen LogP contribution in [0.4, 0.5) is 5.82 Å². The molecule has 2 fully saturated rings. The maximum absolute atomic E-state index is 13.0. The maximum atomic E-state index is 13.0. The number of aryl methyl sites for hydroxylation is 1. The molecule has 0 aliphatic heterocycles. The van der Waals surface area contributed by atoms with Gasteiger partial charge in [-0.1, -0.05) is 23.7 Å². The van der Waals surface area contributed by atoms with Gasteiger partial charge in [-0.3, -0.25) is 4.57 Å². The third-order valence-corrected chi connectivity index (χ3v) is 5.96. The zero-order valence-electron chi connectivity index (χ0n) is 15.3. The number of hydrogen-bond donors (Lipinski definition) is 1. The minimum atomic E-state index is -0.292. The van der Waals surface area contributed by atoms with E-state index in [0.717, 1.165) is 17.4 Å². The fourth-order valence-corrected chi connectivity index (χ4v) is 4.01. The summed E-state index contributed by atoms with van der Waals surface area (Å²) in [6.07, 6.45) is 4.96. The summed E-state index contributed by atoms with van der Waals surface area (Å²) < 4.78 is 1.66. The van der Waals surface area contributed by atoms with Crippen molar-refractivity contribution in [3.63, 3.8) is 0 Å². The predicted molar refractivity (Wildman–Crippen MR) is 110 cm³/mol. The average Bonchev–Trinajstić information content (AvgIpc) is 3.54. The lowest BCUT2D eigenvalue weighted by Crippen LogP contribution is -2.24. The van der Waals surface area contributed by atoms with E-state index in [2.05, 4.69) is 29.4 Å². The molecule has 5 rings (SSSR count). The molecule has 0 saturated heterocycles. The molecule has 4 nitrogen and oxygen atoms in total. The Hall–Kier alpha value is -2.33. The molecule has 27 heavy (non-hydrogen) atoms. The summed E-state index contributed by atoms with van der Waals surface area (Å²) in [6, 6.07) is 11.8. The van der Waals surface area contributed by atoms with Gasteiger partial charge >= 0.3 is 5.69 Å². The fourth-order valence-electron chi connectivity index (χ4n) is 3.79. The number of aromatic nitrogens is 2.